The Bertz CT molecular complexity index is 1330. The Kier molecular flexibility index (Phi) is 6.60. The number of halogens is 2. The first-order valence-corrected chi connectivity index (χ1v) is 13.4. The Labute approximate surface area is 230 Å². The Morgan fingerprint density at radius 3 is 2.53 bits per heavy atom. The van der Waals surface area contributed by atoms with Crippen LogP contribution in [0.4, 0.5) is 5.69 Å². The number of benzene rings is 1. The van der Waals surface area contributed by atoms with Crippen molar-refractivity contribution < 1.29 is 24.2 Å². The molecule has 2 spiro atoms. The van der Waals surface area contributed by atoms with Crippen molar-refractivity contribution in [2.45, 2.75) is 74.5 Å². The van der Waals surface area contributed by atoms with Gasteiger partial charge < -0.3 is 20.5 Å². The molecule has 2 fully saturated rings. The molecule has 2 aliphatic heterocycles. The number of pyridine rings is 1. The van der Waals surface area contributed by atoms with E-state index in [0.717, 1.165) is 24.8 Å². The summed E-state index contributed by atoms with van der Waals surface area (Å²) >= 11 is 12.8. The maximum Gasteiger partial charge on any atom is 0.347 e. The molecule has 1 saturated heterocycles. The zero-order chi connectivity index (χ0) is 27.5. The van der Waals surface area contributed by atoms with Crippen LogP contribution in [0.25, 0.3) is 0 Å². The second-order valence-corrected chi connectivity index (χ2v) is 11.6. The summed E-state index contributed by atoms with van der Waals surface area (Å²) in [4.78, 5) is 44.2. The number of aromatic nitrogens is 1. The fraction of sp³-hybridized carbons (Fsp3) is 0.481. The van der Waals surface area contributed by atoms with Crippen molar-refractivity contribution in [2.75, 3.05) is 12.4 Å². The van der Waals surface area contributed by atoms with E-state index in [-0.39, 0.29) is 22.7 Å². The average Bonchev–Trinajstić information content (AvgIpc) is 3.32. The molecular formula is C27H30Cl2N4O5. The summed E-state index contributed by atoms with van der Waals surface area (Å²) in [5.74, 6) is -2.58. The molecule has 3 atom stereocenters. The lowest BCUT2D eigenvalue weighted by Crippen LogP contribution is -2.60. The van der Waals surface area contributed by atoms with Gasteiger partial charge in [0.15, 0.2) is 0 Å². The van der Waals surface area contributed by atoms with Gasteiger partial charge in [0.1, 0.15) is 5.41 Å². The third-order valence-corrected chi connectivity index (χ3v) is 8.72. The zero-order valence-corrected chi connectivity index (χ0v) is 22.9. The minimum Gasteiger partial charge on any atom is -0.478 e. The molecule has 1 saturated carbocycles. The van der Waals surface area contributed by atoms with E-state index in [1.54, 1.807) is 25.2 Å². The lowest BCUT2D eigenvalue weighted by Gasteiger charge is -2.47. The quantitative estimate of drug-likeness (QED) is 0.434. The molecule has 4 N–H and O–H groups in total. The summed E-state index contributed by atoms with van der Waals surface area (Å²) in [5.41, 5.74) is -1.96. The Morgan fingerprint density at radius 1 is 1.16 bits per heavy atom. The standard InChI is InChI=1S/C27H30Cl2N4O5/c1-25(2,24(36)37)38-22-16(11-15(29)13-31-22)19-20(21(34)30-3)33-26(9-5-4-6-10-26)27(19)17-8-7-14(28)12-18(17)32-23(27)35/h7-8,11-13,19-20,33H,4-6,9-10H2,1-3H3,(H,30,34)(H,32,35)(H,36,37)/t19-,20+,27+/m0/s1. The predicted molar refractivity (Wildman–Crippen MR) is 143 cm³/mol. The molecular weight excluding hydrogens is 531 g/mol. The van der Waals surface area contributed by atoms with Crippen molar-refractivity contribution in [1.82, 2.24) is 15.6 Å². The van der Waals surface area contributed by atoms with Gasteiger partial charge in [0.05, 0.1) is 11.1 Å². The Balaban J connectivity index is 1.83. The van der Waals surface area contributed by atoms with Gasteiger partial charge in [-0.25, -0.2) is 9.78 Å². The van der Waals surface area contributed by atoms with Gasteiger partial charge in [-0.2, -0.15) is 0 Å². The van der Waals surface area contributed by atoms with Crippen LogP contribution in [0.1, 0.15) is 63.0 Å². The van der Waals surface area contributed by atoms with Crippen LogP contribution >= 0.6 is 23.2 Å². The third-order valence-electron chi connectivity index (χ3n) is 8.28. The summed E-state index contributed by atoms with van der Waals surface area (Å²) in [6.07, 6.45) is 5.46. The summed E-state index contributed by atoms with van der Waals surface area (Å²) in [6, 6.07) is 6.05. The predicted octanol–water partition coefficient (Wildman–Crippen LogP) is 4.02. The van der Waals surface area contributed by atoms with E-state index < -0.39 is 34.5 Å². The first-order chi connectivity index (χ1) is 18.0. The van der Waals surface area contributed by atoms with Gasteiger partial charge in [-0.1, -0.05) is 48.5 Å². The minimum atomic E-state index is -1.64. The van der Waals surface area contributed by atoms with Crippen LogP contribution in [0.2, 0.25) is 10.0 Å². The summed E-state index contributed by atoms with van der Waals surface area (Å²) in [5, 5.41) is 19.9. The first-order valence-electron chi connectivity index (χ1n) is 12.7. The van der Waals surface area contributed by atoms with Crippen LogP contribution < -0.4 is 20.7 Å². The highest BCUT2D eigenvalue weighted by atomic mass is 35.5. The van der Waals surface area contributed by atoms with Crippen molar-refractivity contribution in [1.29, 1.82) is 0 Å². The number of ether oxygens (including phenoxy) is 1. The number of anilines is 1. The fourth-order valence-electron chi connectivity index (χ4n) is 6.65. The van der Waals surface area contributed by atoms with Gasteiger partial charge in [-0.3, -0.25) is 14.9 Å². The van der Waals surface area contributed by atoms with Gasteiger partial charge in [-0.05, 0) is 50.5 Å². The number of aliphatic carboxylic acids is 1. The van der Waals surface area contributed by atoms with Gasteiger partial charge in [0.2, 0.25) is 23.3 Å². The number of hydrogen-bond acceptors (Lipinski definition) is 6. The minimum absolute atomic E-state index is 0.00458. The lowest BCUT2D eigenvalue weighted by atomic mass is 9.55. The maximum absolute atomic E-state index is 14.4. The lowest BCUT2D eigenvalue weighted by molar-refractivity contribution is -0.152. The van der Waals surface area contributed by atoms with E-state index in [9.17, 15) is 19.5 Å². The van der Waals surface area contributed by atoms with Gasteiger partial charge in [0.25, 0.3) is 0 Å². The van der Waals surface area contributed by atoms with E-state index in [4.69, 9.17) is 27.9 Å². The molecule has 9 nitrogen and oxygen atoms in total. The second kappa shape index (κ2) is 9.39. The number of carboxylic acids is 1. The molecule has 11 heteroatoms. The molecule has 3 heterocycles. The summed E-state index contributed by atoms with van der Waals surface area (Å²) in [7, 11) is 1.54. The zero-order valence-electron chi connectivity index (χ0n) is 21.4. The van der Waals surface area contributed by atoms with E-state index in [0.29, 0.717) is 29.1 Å². The molecule has 1 aromatic heterocycles. The number of carboxylic acid groups (broad SMARTS) is 1. The highest BCUT2D eigenvalue weighted by Crippen LogP contribution is 2.63. The van der Waals surface area contributed by atoms with E-state index in [1.807, 2.05) is 6.07 Å². The van der Waals surface area contributed by atoms with Gasteiger partial charge in [-0.15, -0.1) is 0 Å². The molecule has 0 bridgehead atoms. The SMILES string of the molecule is CNC(=O)[C@@H]1NC2(CCCCC2)[C@@]2(C(=O)Nc3cc(Cl)ccc32)[C@H]1c1cc(Cl)cnc1OC(C)(C)C(=O)O. The number of hydrogen-bond donors (Lipinski definition) is 4. The number of amides is 2. The normalized spacial score (nSPS) is 25.8. The third kappa shape index (κ3) is 3.86. The fourth-order valence-corrected chi connectivity index (χ4v) is 6.99. The molecule has 202 valence electrons. The maximum atomic E-state index is 14.4. The number of carbonyl (C=O) groups excluding carboxylic acids is 2. The van der Waals surface area contributed by atoms with Crippen molar-refractivity contribution in [3.63, 3.8) is 0 Å². The second-order valence-electron chi connectivity index (χ2n) is 10.8. The Hall–Kier alpha value is -2.88. The number of nitrogens with zero attached hydrogens (tertiary/aromatic N) is 1. The largest absolute Gasteiger partial charge is 0.478 e. The number of likely N-dealkylation sites (N-methyl/N-ethyl adjacent to an activating group) is 1. The van der Waals surface area contributed by atoms with Crippen LogP contribution in [0.5, 0.6) is 5.88 Å². The number of fused-ring (bicyclic) bond motifs is 3. The van der Waals surface area contributed by atoms with E-state index >= 15 is 0 Å². The molecule has 0 radical (unpaired) electrons. The molecule has 38 heavy (non-hydrogen) atoms. The first kappa shape index (κ1) is 26.7. The van der Waals surface area contributed by atoms with E-state index in [1.165, 1.54) is 20.0 Å². The monoisotopic (exact) mass is 560 g/mol. The smallest absolute Gasteiger partial charge is 0.347 e. The number of carbonyl (C=O) groups is 3. The van der Waals surface area contributed by atoms with Crippen molar-refractivity contribution in [3.8, 4) is 5.88 Å². The topological polar surface area (TPSA) is 130 Å². The Morgan fingerprint density at radius 2 is 1.87 bits per heavy atom. The van der Waals surface area contributed by atoms with Gasteiger partial charge in [0, 0.05) is 41.0 Å². The van der Waals surface area contributed by atoms with Crippen molar-refractivity contribution >= 4 is 46.7 Å². The highest BCUT2D eigenvalue weighted by Gasteiger charge is 2.72. The molecule has 2 aromatic rings. The van der Waals surface area contributed by atoms with E-state index in [2.05, 4.69) is 20.9 Å². The molecule has 5 rings (SSSR count). The molecule has 1 aliphatic carbocycles. The molecule has 3 aliphatic rings. The number of rotatable bonds is 5. The van der Waals surface area contributed by atoms with Crippen LogP contribution in [0.15, 0.2) is 30.5 Å². The van der Waals surface area contributed by atoms with Crippen LogP contribution in [-0.2, 0) is 19.8 Å². The molecule has 1 aromatic carbocycles. The molecule has 0 unspecified atom stereocenters. The van der Waals surface area contributed by atoms with Crippen LogP contribution in [0.3, 0.4) is 0 Å². The summed E-state index contributed by atoms with van der Waals surface area (Å²) < 4.78 is 5.96. The summed E-state index contributed by atoms with van der Waals surface area (Å²) in [6.45, 7) is 2.83. The van der Waals surface area contributed by atoms with Crippen LogP contribution in [-0.4, -0.2) is 52.1 Å². The van der Waals surface area contributed by atoms with Crippen molar-refractivity contribution in [3.05, 3.63) is 51.6 Å². The van der Waals surface area contributed by atoms with Crippen LogP contribution in [0, 0.1) is 0 Å². The highest BCUT2D eigenvalue weighted by molar-refractivity contribution is 6.31. The van der Waals surface area contributed by atoms with Gasteiger partial charge >= 0.3 is 5.97 Å². The molecule has 2 amide bonds. The average molecular weight is 561 g/mol. The number of nitrogens with one attached hydrogen (secondary N) is 3. The van der Waals surface area contributed by atoms with Crippen molar-refractivity contribution in [2.24, 2.45) is 0 Å².